The number of rotatable bonds is 2. The number of nitrogens with one attached hydrogen (secondary N) is 1. The summed E-state index contributed by atoms with van der Waals surface area (Å²) in [5.41, 5.74) is 9.06. The molecule has 0 bridgehead atoms. The lowest BCUT2D eigenvalue weighted by molar-refractivity contribution is 0.557. The Morgan fingerprint density at radius 1 is 1.26 bits per heavy atom. The van der Waals surface area contributed by atoms with Gasteiger partial charge >= 0.3 is 0 Å². The van der Waals surface area contributed by atoms with Gasteiger partial charge < -0.3 is 11.1 Å². The summed E-state index contributed by atoms with van der Waals surface area (Å²) in [6, 6.07) is 6.78. The van der Waals surface area contributed by atoms with Crippen molar-refractivity contribution in [3.05, 3.63) is 30.1 Å². The predicted octanol–water partition coefficient (Wildman–Crippen LogP) is 3.73. The highest BCUT2D eigenvalue weighted by Crippen LogP contribution is 2.33. The number of aryl methyl sites for hydroxylation is 1. The van der Waals surface area contributed by atoms with Crippen LogP contribution in [0.4, 0.5) is 11.4 Å². The number of nitrogen functional groups attached to an aromatic ring is 1. The van der Waals surface area contributed by atoms with E-state index in [1.807, 2.05) is 19.2 Å². The summed E-state index contributed by atoms with van der Waals surface area (Å²) in [7, 11) is 0. The molecule has 2 aromatic rings. The molecule has 1 aliphatic rings. The number of nitrogens with zero attached hydrogens (tertiary/aromatic N) is 1. The van der Waals surface area contributed by atoms with Crippen molar-refractivity contribution in [1.29, 1.82) is 0 Å². The monoisotopic (exact) mass is 255 g/mol. The third-order valence-electron chi connectivity index (χ3n) is 4.27. The molecule has 0 amide bonds. The van der Waals surface area contributed by atoms with E-state index < -0.39 is 0 Å². The second-order valence-corrected chi connectivity index (χ2v) is 5.73. The number of hydrogen-bond donors (Lipinski definition) is 2. The Hall–Kier alpha value is -1.77. The molecule has 1 aliphatic carbocycles. The first-order chi connectivity index (χ1) is 9.15. The van der Waals surface area contributed by atoms with Gasteiger partial charge in [-0.15, -0.1) is 0 Å². The van der Waals surface area contributed by atoms with E-state index in [0.29, 0.717) is 6.04 Å². The van der Waals surface area contributed by atoms with Crippen LogP contribution in [0.1, 0.15) is 31.9 Å². The van der Waals surface area contributed by atoms with Crippen molar-refractivity contribution in [3.8, 4) is 0 Å². The Morgan fingerprint density at radius 2 is 2.11 bits per heavy atom. The van der Waals surface area contributed by atoms with Gasteiger partial charge in [0.25, 0.3) is 0 Å². The van der Waals surface area contributed by atoms with E-state index in [2.05, 4.69) is 29.4 Å². The topological polar surface area (TPSA) is 50.9 Å². The molecule has 0 spiro atoms. The molecule has 0 aliphatic heterocycles. The summed E-state index contributed by atoms with van der Waals surface area (Å²) in [4.78, 5) is 4.35. The smallest absolute Gasteiger partial charge is 0.0424 e. The molecule has 1 saturated carbocycles. The molecule has 3 heteroatoms. The van der Waals surface area contributed by atoms with Crippen LogP contribution in [-0.2, 0) is 0 Å². The van der Waals surface area contributed by atoms with Crippen LogP contribution in [0.15, 0.2) is 24.4 Å². The van der Waals surface area contributed by atoms with E-state index in [-0.39, 0.29) is 0 Å². The van der Waals surface area contributed by atoms with E-state index >= 15 is 0 Å². The number of pyridine rings is 1. The van der Waals surface area contributed by atoms with Crippen LogP contribution >= 0.6 is 0 Å². The number of fused-ring (bicyclic) bond motifs is 1. The lowest BCUT2D eigenvalue weighted by Crippen LogP contribution is -2.21. The summed E-state index contributed by atoms with van der Waals surface area (Å²) in [5, 5.41) is 5.93. The van der Waals surface area contributed by atoms with Crippen molar-refractivity contribution < 1.29 is 0 Å². The maximum Gasteiger partial charge on any atom is 0.0424 e. The third-order valence-corrected chi connectivity index (χ3v) is 4.27. The zero-order valence-electron chi connectivity index (χ0n) is 11.6. The molecular weight excluding hydrogens is 234 g/mol. The fraction of sp³-hybridized carbons (Fsp3) is 0.438. The second kappa shape index (κ2) is 4.72. The number of hydrogen-bond acceptors (Lipinski definition) is 3. The molecule has 3 nitrogen and oxygen atoms in total. The quantitative estimate of drug-likeness (QED) is 0.804. The van der Waals surface area contributed by atoms with Crippen LogP contribution in [0.5, 0.6) is 0 Å². The first-order valence-electron chi connectivity index (χ1n) is 7.06. The van der Waals surface area contributed by atoms with Crippen LogP contribution in [-0.4, -0.2) is 11.0 Å². The van der Waals surface area contributed by atoms with Gasteiger partial charge in [0.1, 0.15) is 0 Å². The minimum absolute atomic E-state index is 0.584. The maximum absolute atomic E-state index is 6.04. The van der Waals surface area contributed by atoms with Crippen LogP contribution in [0, 0.1) is 12.8 Å². The van der Waals surface area contributed by atoms with Gasteiger partial charge in [0, 0.05) is 40.1 Å². The van der Waals surface area contributed by atoms with Crippen LogP contribution < -0.4 is 11.1 Å². The highest BCUT2D eigenvalue weighted by Gasteiger charge is 2.23. The van der Waals surface area contributed by atoms with Gasteiger partial charge in [-0.25, -0.2) is 0 Å². The number of benzene rings is 1. The summed E-state index contributed by atoms with van der Waals surface area (Å²) < 4.78 is 0. The Bertz CT molecular complexity index is 606. The molecule has 100 valence electrons. The SMILES string of the molecule is Cc1cc2c(NC3CCCC3C)ccc(N)c2cn1. The molecule has 19 heavy (non-hydrogen) atoms. The first-order valence-corrected chi connectivity index (χ1v) is 7.06. The molecule has 1 fully saturated rings. The number of nitrogens with two attached hydrogens (primary N) is 1. The van der Waals surface area contributed by atoms with E-state index in [1.165, 1.54) is 30.3 Å². The van der Waals surface area contributed by atoms with E-state index in [9.17, 15) is 0 Å². The molecule has 1 aromatic carbocycles. The van der Waals surface area contributed by atoms with Gasteiger partial charge in [-0.2, -0.15) is 0 Å². The second-order valence-electron chi connectivity index (χ2n) is 5.73. The Labute approximate surface area is 114 Å². The average Bonchev–Trinajstić information content (AvgIpc) is 2.78. The Morgan fingerprint density at radius 3 is 2.84 bits per heavy atom. The first kappa shape index (κ1) is 12.3. The van der Waals surface area contributed by atoms with E-state index in [1.54, 1.807) is 0 Å². The van der Waals surface area contributed by atoms with Gasteiger partial charge in [0.15, 0.2) is 0 Å². The molecule has 0 saturated heterocycles. The summed E-state index contributed by atoms with van der Waals surface area (Å²) >= 11 is 0. The number of aromatic nitrogens is 1. The van der Waals surface area contributed by atoms with Crippen LogP contribution in [0.25, 0.3) is 10.8 Å². The van der Waals surface area contributed by atoms with E-state index in [0.717, 1.165) is 22.7 Å². The van der Waals surface area contributed by atoms with Gasteiger partial charge in [0.2, 0.25) is 0 Å². The normalized spacial score (nSPS) is 22.8. The van der Waals surface area contributed by atoms with Crippen molar-refractivity contribution in [2.45, 2.75) is 39.2 Å². The summed E-state index contributed by atoms with van der Waals surface area (Å²) in [5.74, 6) is 0.746. The van der Waals surface area contributed by atoms with Crippen LogP contribution in [0.2, 0.25) is 0 Å². The van der Waals surface area contributed by atoms with Crippen molar-refractivity contribution in [2.75, 3.05) is 11.1 Å². The molecule has 1 aromatic heterocycles. The minimum Gasteiger partial charge on any atom is -0.398 e. The largest absolute Gasteiger partial charge is 0.398 e. The van der Waals surface area contributed by atoms with Crippen LogP contribution in [0.3, 0.4) is 0 Å². The average molecular weight is 255 g/mol. The van der Waals surface area contributed by atoms with Crippen molar-refractivity contribution >= 4 is 22.1 Å². The van der Waals surface area contributed by atoms with Crippen molar-refractivity contribution in [2.24, 2.45) is 5.92 Å². The zero-order chi connectivity index (χ0) is 13.4. The lowest BCUT2D eigenvalue weighted by Gasteiger charge is -2.20. The van der Waals surface area contributed by atoms with Gasteiger partial charge in [-0.1, -0.05) is 13.3 Å². The van der Waals surface area contributed by atoms with E-state index in [4.69, 9.17) is 5.73 Å². The standard InChI is InChI=1S/C16H21N3/c1-10-4-3-5-15(10)19-16-7-6-14(17)13-9-18-11(2)8-12(13)16/h6-10,15,19H,3-5,17H2,1-2H3. The Kier molecular flexibility index (Phi) is 3.05. The molecule has 3 N–H and O–H groups in total. The summed E-state index contributed by atoms with van der Waals surface area (Å²) in [6.07, 6.45) is 5.79. The molecule has 3 rings (SSSR count). The fourth-order valence-corrected chi connectivity index (χ4v) is 3.05. The van der Waals surface area contributed by atoms with Crippen molar-refractivity contribution in [1.82, 2.24) is 4.98 Å². The molecule has 0 radical (unpaired) electrons. The zero-order valence-corrected chi connectivity index (χ0v) is 11.6. The fourth-order valence-electron chi connectivity index (χ4n) is 3.05. The molecule has 2 unspecified atom stereocenters. The molecule has 2 atom stereocenters. The highest BCUT2D eigenvalue weighted by atomic mass is 14.9. The summed E-state index contributed by atoms with van der Waals surface area (Å²) in [6.45, 7) is 4.35. The minimum atomic E-state index is 0.584. The lowest BCUT2D eigenvalue weighted by atomic mass is 10.0. The van der Waals surface area contributed by atoms with Gasteiger partial charge in [0.05, 0.1) is 0 Å². The highest BCUT2D eigenvalue weighted by molar-refractivity contribution is 6.00. The van der Waals surface area contributed by atoms with Crippen molar-refractivity contribution in [3.63, 3.8) is 0 Å². The Balaban J connectivity index is 2.03. The predicted molar refractivity (Wildman–Crippen MR) is 81.3 cm³/mol. The molecule has 1 heterocycles. The van der Waals surface area contributed by atoms with Gasteiger partial charge in [-0.05, 0) is 43.9 Å². The maximum atomic E-state index is 6.04. The molecular formula is C16H21N3. The van der Waals surface area contributed by atoms with Gasteiger partial charge in [-0.3, -0.25) is 4.98 Å². The third kappa shape index (κ3) is 2.25. The number of anilines is 2.